The molecule has 0 radical (unpaired) electrons. The lowest BCUT2D eigenvalue weighted by molar-refractivity contribution is -0.892. The third kappa shape index (κ3) is 4.76. The van der Waals surface area contributed by atoms with Gasteiger partial charge in [0.05, 0.1) is 33.3 Å². The Balaban J connectivity index is 1.47. The second kappa shape index (κ2) is 8.72. The van der Waals surface area contributed by atoms with Gasteiger partial charge >= 0.3 is 0 Å². The van der Waals surface area contributed by atoms with Crippen LogP contribution >= 0.6 is 0 Å². The highest BCUT2D eigenvalue weighted by Gasteiger charge is 2.23. The number of anilines is 1. The summed E-state index contributed by atoms with van der Waals surface area (Å²) in [5.41, 5.74) is 2.36. The van der Waals surface area contributed by atoms with Gasteiger partial charge in [0.2, 0.25) is 0 Å². The van der Waals surface area contributed by atoms with E-state index in [1.807, 2.05) is 42.3 Å². The van der Waals surface area contributed by atoms with E-state index in [0.717, 1.165) is 37.5 Å². The van der Waals surface area contributed by atoms with Crippen LogP contribution in [-0.4, -0.2) is 57.7 Å². The van der Waals surface area contributed by atoms with Gasteiger partial charge in [0.15, 0.2) is 6.54 Å². The molecule has 0 saturated carbocycles. The molecule has 0 unspecified atom stereocenters. The van der Waals surface area contributed by atoms with Gasteiger partial charge in [0, 0.05) is 19.3 Å². The molecule has 2 aromatic rings. The standard InChI is InChI=1S/C21H27N3O2/c1-22(16-18-7-6-10-20(15-18)26-2)21(25)17-23-11-13-24(14-12-23)19-8-4-3-5-9-19/h3-10,15H,11-14,16-17H2,1-2H3/p+1. The van der Waals surface area contributed by atoms with E-state index >= 15 is 0 Å². The molecule has 0 bridgehead atoms. The number of piperazine rings is 1. The summed E-state index contributed by atoms with van der Waals surface area (Å²) in [6, 6.07) is 18.4. The monoisotopic (exact) mass is 354 g/mol. The van der Waals surface area contributed by atoms with Gasteiger partial charge < -0.3 is 19.4 Å². The summed E-state index contributed by atoms with van der Waals surface area (Å²) < 4.78 is 5.25. The number of rotatable bonds is 6. The third-order valence-corrected chi connectivity index (χ3v) is 4.97. The van der Waals surface area contributed by atoms with Crippen LogP contribution in [0.1, 0.15) is 5.56 Å². The number of nitrogens with zero attached hydrogens (tertiary/aromatic N) is 2. The van der Waals surface area contributed by atoms with Crippen molar-refractivity contribution in [3.05, 3.63) is 60.2 Å². The lowest BCUT2D eigenvalue weighted by Crippen LogP contribution is -3.15. The molecule has 1 saturated heterocycles. The number of quaternary nitrogens is 1. The van der Waals surface area contributed by atoms with Gasteiger partial charge in [-0.05, 0) is 29.8 Å². The van der Waals surface area contributed by atoms with Crippen LogP contribution < -0.4 is 14.5 Å². The average Bonchev–Trinajstić information content (AvgIpc) is 2.69. The van der Waals surface area contributed by atoms with Gasteiger partial charge in [-0.25, -0.2) is 0 Å². The molecule has 1 aliphatic heterocycles. The van der Waals surface area contributed by atoms with E-state index in [0.29, 0.717) is 13.1 Å². The zero-order valence-electron chi connectivity index (χ0n) is 15.6. The zero-order chi connectivity index (χ0) is 18.4. The Morgan fingerprint density at radius 1 is 1.12 bits per heavy atom. The second-order valence-corrected chi connectivity index (χ2v) is 6.85. The molecule has 0 atom stereocenters. The van der Waals surface area contributed by atoms with Crippen molar-refractivity contribution in [2.45, 2.75) is 6.54 Å². The molecule has 3 rings (SSSR count). The van der Waals surface area contributed by atoms with Crippen LogP contribution in [0, 0.1) is 0 Å². The Labute approximate surface area is 155 Å². The minimum atomic E-state index is 0.191. The Hall–Kier alpha value is -2.53. The van der Waals surface area contributed by atoms with Crippen molar-refractivity contribution < 1.29 is 14.4 Å². The molecular formula is C21H28N3O2+. The maximum absolute atomic E-state index is 12.6. The van der Waals surface area contributed by atoms with Crippen molar-refractivity contribution in [1.29, 1.82) is 0 Å². The molecule has 1 fully saturated rings. The molecule has 26 heavy (non-hydrogen) atoms. The largest absolute Gasteiger partial charge is 0.497 e. The minimum absolute atomic E-state index is 0.191. The highest BCUT2D eigenvalue weighted by molar-refractivity contribution is 5.76. The number of carbonyl (C=O) groups is 1. The summed E-state index contributed by atoms with van der Waals surface area (Å²) in [4.78, 5) is 18.2. The van der Waals surface area contributed by atoms with Crippen LogP contribution in [0.15, 0.2) is 54.6 Å². The second-order valence-electron chi connectivity index (χ2n) is 6.85. The first kappa shape index (κ1) is 18.3. The molecule has 5 nitrogen and oxygen atoms in total. The number of methoxy groups -OCH3 is 1. The Morgan fingerprint density at radius 2 is 1.85 bits per heavy atom. The van der Waals surface area contributed by atoms with E-state index in [4.69, 9.17) is 4.74 Å². The Kier molecular flexibility index (Phi) is 6.12. The topological polar surface area (TPSA) is 37.2 Å². The molecule has 5 heteroatoms. The lowest BCUT2D eigenvalue weighted by Gasteiger charge is -2.34. The first-order valence-electron chi connectivity index (χ1n) is 9.16. The first-order chi connectivity index (χ1) is 12.7. The van der Waals surface area contributed by atoms with Gasteiger partial charge in [0.25, 0.3) is 5.91 Å². The van der Waals surface area contributed by atoms with Gasteiger partial charge in [-0.3, -0.25) is 4.79 Å². The predicted octanol–water partition coefficient (Wildman–Crippen LogP) is 1.06. The molecule has 1 N–H and O–H groups in total. The van der Waals surface area contributed by atoms with Crippen molar-refractivity contribution in [3.8, 4) is 5.75 Å². The molecule has 138 valence electrons. The first-order valence-corrected chi connectivity index (χ1v) is 9.16. The molecule has 0 aliphatic carbocycles. The van der Waals surface area contributed by atoms with Crippen LogP contribution in [0.25, 0.3) is 0 Å². The summed E-state index contributed by atoms with van der Waals surface area (Å²) in [7, 11) is 3.54. The van der Waals surface area contributed by atoms with Crippen LogP contribution in [0.4, 0.5) is 5.69 Å². The van der Waals surface area contributed by atoms with Crippen LogP contribution in [0.3, 0.4) is 0 Å². The van der Waals surface area contributed by atoms with Gasteiger partial charge in [-0.1, -0.05) is 30.3 Å². The smallest absolute Gasteiger partial charge is 0.277 e. The molecule has 1 aliphatic rings. The number of hydrogen-bond acceptors (Lipinski definition) is 3. The van der Waals surface area contributed by atoms with Gasteiger partial charge in [-0.15, -0.1) is 0 Å². The van der Waals surface area contributed by atoms with Crippen molar-refractivity contribution >= 4 is 11.6 Å². The molecule has 2 aromatic carbocycles. The van der Waals surface area contributed by atoms with Crippen molar-refractivity contribution in [1.82, 2.24) is 4.90 Å². The van der Waals surface area contributed by atoms with Crippen molar-refractivity contribution in [3.63, 3.8) is 0 Å². The summed E-state index contributed by atoms with van der Waals surface area (Å²) in [6.45, 7) is 5.14. The Morgan fingerprint density at radius 3 is 2.54 bits per heavy atom. The molecular weight excluding hydrogens is 326 g/mol. The van der Waals surface area contributed by atoms with E-state index in [1.165, 1.54) is 10.6 Å². The average molecular weight is 354 g/mol. The zero-order valence-corrected chi connectivity index (χ0v) is 15.6. The highest BCUT2D eigenvalue weighted by Crippen LogP contribution is 2.14. The number of para-hydroxylation sites is 1. The van der Waals surface area contributed by atoms with Gasteiger partial charge in [-0.2, -0.15) is 0 Å². The highest BCUT2D eigenvalue weighted by atomic mass is 16.5. The maximum atomic E-state index is 12.6. The summed E-state index contributed by atoms with van der Waals surface area (Å²) in [5, 5.41) is 0. The van der Waals surface area contributed by atoms with Gasteiger partial charge in [0.1, 0.15) is 5.75 Å². The van der Waals surface area contributed by atoms with E-state index in [1.54, 1.807) is 7.11 Å². The molecule has 0 aromatic heterocycles. The number of benzene rings is 2. The number of carbonyl (C=O) groups excluding carboxylic acids is 1. The molecule has 1 amide bonds. The van der Waals surface area contributed by atoms with E-state index < -0.39 is 0 Å². The van der Waals surface area contributed by atoms with E-state index in [-0.39, 0.29) is 5.91 Å². The fraction of sp³-hybridized carbons (Fsp3) is 0.381. The Bertz CT molecular complexity index is 712. The maximum Gasteiger partial charge on any atom is 0.277 e. The van der Waals surface area contributed by atoms with E-state index in [9.17, 15) is 4.79 Å². The number of likely N-dealkylation sites (N-methyl/N-ethyl adjacent to an activating group) is 1. The molecule has 1 heterocycles. The minimum Gasteiger partial charge on any atom is -0.497 e. The van der Waals surface area contributed by atoms with Crippen LogP contribution in [0.2, 0.25) is 0 Å². The lowest BCUT2D eigenvalue weighted by atomic mass is 10.2. The normalized spacial score (nSPS) is 14.9. The summed E-state index contributed by atoms with van der Waals surface area (Å²) in [6.07, 6.45) is 0. The van der Waals surface area contributed by atoms with Crippen LogP contribution in [0.5, 0.6) is 5.75 Å². The van der Waals surface area contributed by atoms with Crippen LogP contribution in [-0.2, 0) is 11.3 Å². The number of amides is 1. The quantitative estimate of drug-likeness (QED) is 0.843. The fourth-order valence-electron chi connectivity index (χ4n) is 3.38. The van der Waals surface area contributed by atoms with Crippen molar-refractivity contribution in [2.75, 3.05) is 51.8 Å². The number of ether oxygens (including phenoxy) is 1. The third-order valence-electron chi connectivity index (χ3n) is 4.97. The molecule has 0 spiro atoms. The predicted molar refractivity (Wildman–Crippen MR) is 104 cm³/mol. The van der Waals surface area contributed by atoms with E-state index in [2.05, 4.69) is 29.2 Å². The number of nitrogens with one attached hydrogen (secondary N) is 1. The van der Waals surface area contributed by atoms with Crippen molar-refractivity contribution in [2.24, 2.45) is 0 Å². The number of hydrogen-bond donors (Lipinski definition) is 1. The summed E-state index contributed by atoms with van der Waals surface area (Å²) >= 11 is 0. The summed E-state index contributed by atoms with van der Waals surface area (Å²) in [5.74, 6) is 1.02. The fourth-order valence-corrected chi connectivity index (χ4v) is 3.38. The SMILES string of the molecule is COc1cccc(CN(C)C(=O)C[NH+]2CCN(c3ccccc3)CC2)c1.